The third kappa shape index (κ3) is 5.29. The second kappa shape index (κ2) is 8.59. The van der Waals surface area contributed by atoms with Crippen LogP contribution in [0.3, 0.4) is 0 Å². The number of ether oxygens (including phenoxy) is 2. The Bertz CT molecular complexity index is 640. The first-order valence-electron chi connectivity index (χ1n) is 7.75. The third-order valence-corrected chi connectivity index (χ3v) is 3.86. The fourth-order valence-electron chi connectivity index (χ4n) is 2.27. The average molecular weight is 333 g/mol. The molecule has 0 amide bonds. The van der Waals surface area contributed by atoms with Gasteiger partial charge < -0.3 is 9.47 Å². The largest absolute Gasteiger partial charge is 0.486 e. The van der Waals surface area contributed by atoms with E-state index in [9.17, 15) is 4.79 Å². The Kier molecular flexibility index (Phi) is 6.48. The summed E-state index contributed by atoms with van der Waals surface area (Å²) in [6.07, 6.45) is 0.832. The summed E-state index contributed by atoms with van der Waals surface area (Å²) in [5.74, 6) is 0.507. The van der Waals surface area contributed by atoms with E-state index in [0.29, 0.717) is 30.2 Å². The van der Waals surface area contributed by atoms with Gasteiger partial charge in [-0.05, 0) is 43.5 Å². The molecular weight excluding hydrogens is 312 g/mol. The number of aryl methyl sites for hydroxylation is 1. The fourth-order valence-corrected chi connectivity index (χ4v) is 2.54. The molecule has 122 valence electrons. The molecule has 0 aromatic heterocycles. The van der Waals surface area contributed by atoms with Crippen LogP contribution in [0.4, 0.5) is 0 Å². The van der Waals surface area contributed by atoms with Crippen molar-refractivity contribution in [2.75, 3.05) is 6.61 Å². The lowest BCUT2D eigenvalue weighted by atomic mass is 10.1. The van der Waals surface area contributed by atoms with Crippen molar-refractivity contribution in [3.05, 3.63) is 64.7 Å². The summed E-state index contributed by atoms with van der Waals surface area (Å²) in [6, 6.07) is 15.6. The number of hydrogen-bond acceptors (Lipinski definition) is 3. The molecule has 2 rings (SSSR count). The molecule has 0 fully saturated rings. The van der Waals surface area contributed by atoms with Gasteiger partial charge in [-0.15, -0.1) is 0 Å². The van der Waals surface area contributed by atoms with Crippen molar-refractivity contribution in [2.24, 2.45) is 0 Å². The lowest BCUT2D eigenvalue weighted by Gasteiger charge is -2.16. The van der Waals surface area contributed by atoms with Crippen LogP contribution in [0, 0.1) is 0 Å². The Labute approximate surface area is 142 Å². The van der Waals surface area contributed by atoms with Crippen molar-refractivity contribution in [3.8, 4) is 5.75 Å². The predicted octanol–water partition coefficient (Wildman–Crippen LogP) is 4.98. The number of carbonyl (C=O) groups is 1. The molecule has 0 bridgehead atoms. The lowest BCUT2D eigenvalue weighted by molar-refractivity contribution is -0.143. The topological polar surface area (TPSA) is 35.5 Å². The van der Waals surface area contributed by atoms with E-state index in [1.807, 2.05) is 49.4 Å². The first kappa shape index (κ1) is 17.4. The zero-order valence-corrected chi connectivity index (χ0v) is 14.2. The summed E-state index contributed by atoms with van der Waals surface area (Å²) in [6.45, 7) is 4.19. The van der Waals surface area contributed by atoms with E-state index in [1.54, 1.807) is 13.0 Å². The van der Waals surface area contributed by atoms with Gasteiger partial charge in [0.15, 0.2) is 0 Å². The van der Waals surface area contributed by atoms with Crippen LogP contribution in [-0.2, 0) is 16.0 Å². The zero-order valence-electron chi connectivity index (χ0n) is 13.4. The van der Waals surface area contributed by atoms with E-state index in [1.165, 1.54) is 0 Å². The highest BCUT2D eigenvalue weighted by molar-refractivity contribution is 6.31. The Morgan fingerprint density at radius 3 is 2.57 bits per heavy atom. The molecule has 0 aliphatic carbocycles. The van der Waals surface area contributed by atoms with Crippen molar-refractivity contribution in [3.63, 3.8) is 0 Å². The summed E-state index contributed by atoms with van der Waals surface area (Å²) >= 11 is 6.29. The number of carbonyl (C=O) groups excluding carboxylic acids is 1. The summed E-state index contributed by atoms with van der Waals surface area (Å²) in [4.78, 5) is 11.4. The molecule has 0 saturated heterocycles. The minimum atomic E-state index is -0.207. The Morgan fingerprint density at radius 2 is 1.91 bits per heavy atom. The van der Waals surface area contributed by atoms with Crippen molar-refractivity contribution < 1.29 is 14.3 Å². The summed E-state index contributed by atoms with van der Waals surface area (Å²) in [5, 5.41) is 0.604. The van der Waals surface area contributed by atoms with Gasteiger partial charge >= 0.3 is 5.97 Å². The minimum Gasteiger partial charge on any atom is -0.486 e. The number of benzene rings is 2. The molecule has 0 saturated carbocycles. The molecule has 0 N–H and O–H groups in total. The Morgan fingerprint density at radius 1 is 1.17 bits per heavy atom. The van der Waals surface area contributed by atoms with Crippen LogP contribution in [0.5, 0.6) is 5.75 Å². The molecule has 2 aromatic carbocycles. The lowest BCUT2D eigenvalue weighted by Crippen LogP contribution is -2.06. The fraction of sp³-hybridized carbons (Fsp3) is 0.316. The van der Waals surface area contributed by atoms with Gasteiger partial charge in [0.1, 0.15) is 11.9 Å². The normalized spacial score (nSPS) is 11.8. The highest BCUT2D eigenvalue weighted by Crippen LogP contribution is 2.27. The van der Waals surface area contributed by atoms with Crippen LogP contribution in [-0.4, -0.2) is 12.6 Å². The Balaban J connectivity index is 1.97. The van der Waals surface area contributed by atoms with E-state index in [-0.39, 0.29) is 12.1 Å². The first-order valence-corrected chi connectivity index (χ1v) is 8.13. The second-order valence-electron chi connectivity index (χ2n) is 5.23. The van der Waals surface area contributed by atoms with Crippen molar-refractivity contribution in [2.45, 2.75) is 32.8 Å². The Hall–Kier alpha value is -2.00. The highest BCUT2D eigenvalue weighted by Gasteiger charge is 2.10. The molecule has 4 heteroatoms. The maximum absolute atomic E-state index is 11.4. The highest BCUT2D eigenvalue weighted by atomic mass is 35.5. The number of rotatable bonds is 7. The van der Waals surface area contributed by atoms with Crippen molar-refractivity contribution in [1.29, 1.82) is 0 Å². The maximum atomic E-state index is 11.4. The monoisotopic (exact) mass is 332 g/mol. The molecular formula is C19H21ClO3. The van der Waals surface area contributed by atoms with E-state index >= 15 is 0 Å². The summed E-state index contributed by atoms with van der Waals surface area (Å²) in [5.41, 5.74) is 2.02. The third-order valence-electron chi connectivity index (χ3n) is 3.51. The second-order valence-corrected chi connectivity index (χ2v) is 5.64. The van der Waals surface area contributed by atoms with Crippen molar-refractivity contribution >= 4 is 17.6 Å². The smallest absolute Gasteiger partial charge is 0.306 e. The standard InChI is InChI=1S/C19H21ClO3/c1-3-22-19(21)12-10-16-9-11-17(13-18(16)20)23-14(2)15-7-5-4-6-8-15/h4-9,11,13-14H,3,10,12H2,1-2H3. The van der Waals surface area contributed by atoms with E-state index < -0.39 is 0 Å². The quantitative estimate of drug-likeness (QED) is 0.671. The van der Waals surface area contributed by atoms with Crippen LogP contribution < -0.4 is 4.74 Å². The number of esters is 1. The first-order chi connectivity index (χ1) is 11.1. The van der Waals surface area contributed by atoms with Crippen molar-refractivity contribution in [1.82, 2.24) is 0 Å². The molecule has 0 spiro atoms. The van der Waals surface area contributed by atoms with Crippen LogP contribution in [0.1, 0.15) is 37.5 Å². The summed E-state index contributed by atoms with van der Waals surface area (Å²) < 4.78 is 10.8. The van der Waals surface area contributed by atoms with Crippen LogP contribution in [0.15, 0.2) is 48.5 Å². The zero-order chi connectivity index (χ0) is 16.7. The van der Waals surface area contributed by atoms with Crippen LogP contribution >= 0.6 is 11.6 Å². The van der Waals surface area contributed by atoms with Gasteiger partial charge in [-0.1, -0.05) is 48.0 Å². The summed E-state index contributed by atoms with van der Waals surface area (Å²) in [7, 11) is 0. The molecule has 0 radical (unpaired) electrons. The molecule has 2 aromatic rings. The van der Waals surface area contributed by atoms with Gasteiger partial charge in [-0.25, -0.2) is 0 Å². The molecule has 1 atom stereocenters. The minimum absolute atomic E-state index is 0.0577. The molecule has 23 heavy (non-hydrogen) atoms. The molecule has 3 nitrogen and oxygen atoms in total. The average Bonchev–Trinajstić information content (AvgIpc) is 2.55. The van der Waals surface area contributed by atoms with Crippen LogP contribution in [0.2, 0.25) is 5.02 Å². The van der Waals surface area contributed by atoms with Crippen LogP contribution in [0.25, 0.3) is 0 Å². The van der Waals surface area contributed by atoms with Gasteiger partial charge in [-0.2, -0.15) is 0 Å². The molecule has 0 heterocycles. The van der Waals surface area contributed by atoms with Gasteiger partial charge in [0, 0.05) is 11.4 Å². The maximum Gasteiger partial charge on any atom is 0.306 e. The van der Waals surface area contributed by atoms with E-state index in [2.05, 4.69) is 0 Å². The van der Waals surface area contributed by atoms with Gasteiger partial charge in [0.25, 0.3) is 0 Å². The predicted molar refractivity (Wildman–Crippen MR) is 91.9 cm³/mol. The molecule has 0 aliphatic heterocycles. The van der Waals surface area contributed by atoms with Gasteiger partial charge in [0.05, 0.1) is 6.61 Å². The number of halogens is 1. The van der Waals surface area contributed by atoms with E-state index in [4.69, 9.17) is 21.1 Å². The number of hydrogen-bond donors (Lipinski definition) is 0. The van der Waals surface area contributed by atoms with Gasteiger partial charge in [0.2, 0.25) is 0 Å². The SMILES string of the molecule is CCOC(=O)CCc1ccc(OC(C)c2ccccc2)cc1Cl. The molecule has 1 unspecified atom stereocenters. The van der Waals surface area contributed by atoms with Gasteiger partial charge in [-0.3, -0.25) is 4.79 Å². The molecule has 0 aliphatic rings. The van der Waals surface area contributed by atoms with E-state index in [0.717, 1.165) is 11.1 Å².